The summed E-state index contributed by atoms with van der Waals surface area (Å²) in [4.78, 5) is 24.0. The lowest BCUT2D eigenvalue weighted by Gasteiger charge is -2.01. The van der Waals surface area contributed by atoms with E-state index in [9.17, 15) is 14.9 Å². The molecule has 0 aliphatic heterocycles. The van der Waals surface area contributed by atoms with Gasteiger partial charge in [0.2, 0.25) is 0 Å². The second kappa shape index (κ2) is 8.70. The molecule has 0 bridgehead atoms. The van der Waals surface area contributed by atoms with Crippen LogP contribution < -0.4 is 5.73 Å². The first-order valence-electron chi connectivity index (χ1n) is 7.65. The summed E-state index contributed by atoms with van der Waals surface area (Å²) in [6.07, 6.45) is -0.370. The number of nitrogens with two attached hydrogens (primary N) is 1. The monoisotopic (exact) mass is 374 g/mol. The normalized spacial score (nSPS) is 10.3. The predicted molar refractivity (Wildman–Crippen MR) is 99.8 cm³/mol. The van der Waals surface area contributed by atoms with Gasteiger partial charge in [-0.25, -0.2) is 0 Å². The third-order valence-corrected chi connectivity index (χ3v) is 5.97. The molecule has 1 aromatic heterocycles. The lowest BCUT2D eigenvalue weighted by Crippen LogP contribution is -2.11. The van der Waals surface area contributed by atoms with Crippen LogP contribution in [0.3, 0.4) is 0 Å². The predicted octanol–water partition coefficient (Wildman–Crippen LogP) is 3.94. The molecule has 0 amide bonds. The van der Waals surface area contributed by atoms with Crippen LogP contribution in [0.15, 0.2) is 28.5 Å². The molecule has 0 unspecified atom stereocenters. The van der Waals surface area contributed by atoms with Crippen LogP contribution in [-0.2, 0) is 15.3 Å². The van der Waals surface area contributed by atoms with Gasteiger partial charge < -0.3 is 10.5 Å². The molecule has 2 aromatic rings. The van der Waals surface area contributed by atoms with E-state index in [0.29, 0.717) is 15.5 Å². The molecule has 0 atom stereocenters. The molecule has 130 valence electrons. The van der Waals surface area contributed by atoms with Crippen molar-refractivity contribution < 1.29 is 14.3 Å². The molecule has 0 saturated heterocycles. The number of ether oxygens (including phenoxy) is 1. The topological polar surface area (TPSA) is 93.2 Å². The first-order valence-corrected chi connectivity index (χ1v) is 9.46. The van der Waals surface area contributed by atoms with Gasteiger partial charge in [0.05, 0.1) is 21.4 Å². The van der Waals surface area contributed by atoms with Crippen LogP contribution in [0.5, 0.6) is 0 Å². The highest BCUT2D eigenvalue weighted by Gasteiger charge is 2.23. The quantitative estimate of drug-likeness (QED) is 0.341. The van der Waals surface area contributed by atoms with Gasteiger partial charge in [0, 0.05) is 5.75 Å². The minimum Gasteiger partial charge on any atom is -0.466 e. The number of benzene rings is 1. The number of nitrogen functional groups attached to an aromatic ring is 1. The molecular formula is C18H18N2O3S2. The molecule has 1 heterocycles. The largest absolute Gasteiger partial charge is 0.466 e. The van der Waals surface area contributed by atoms with Crippen molar-refractivity contribution in [3.63, 3.8) is 0 Å². The molecule has 2 rings (SSSR count). The number of Topliss-reactive ketones (excluding diaryl/α,β-unsaturated/α-hetero) is 1. The van der Waals surface area contributed by atoms with Gasteiger partial charge in [0.15, 0.2) is 5.78 Å². The fourth-order valence-corrected chi connectivity index (χ4v) is 4.39. The van der Waals surface area contributed by atoms with Gasteiger partial charge in [-0.15, -0.1) is 23.1 Å². The SMILES string of the molecule is CCOC(=O)CC(=O)c1sc(SCc2ccc(C)cc2)c(C#N)c1N. The Labute approximate surface area is 154 Å². The maximum absolute atomic E-state index is 12.3. The maximum atomic E-state index is 12.3. The van der Waals surface area contributed by atoms with Gasteiger partial charge in [-0.2, -0.15) is 5.26 Å². The third-order valence-electron chi connectivity index (χ3n) is 3.38. The molecule has 7 heteroatoms. The Bertz CT molecular complexity index is 820. The number of esters is 1. The number of thiophene rings is 1. The number of thioether (sulfide) groups is 1. The molecule has 0 saturated carbocycles. The number of nitrogens with zero attached hydrogens (tertiary/aromatic N) is 1. The Kier molecular flexibility index (Phi) is 6.62. The molecular weight excluding hydrogens is 356 g/mol. The molecule has 0 aliphatic rings. The highest BCUT2D eigenvalue weighted by atomic mass is 32.2. The van der Waals surface area contributed by atoms with Gasteiger partial charge in [0.1, 0.15) is 18.1 Å². The number of aryl methyl sites for hydroxylation is 1. The minimum atomic E-state index is -0.590. The number of hydrogen-bond acceptors (Lipinski definition) is 7. The Morgan fingerprint density at radius 2 is 2.00 bits per heavy atom. The summed E-state index contributed by atoms with van der Waals surface area (Å²) < 4.78 is 5.47. The molecule has 0 aliphatic carbocycles. The average molecular weight is 374 g/mol. The number of nitriles is 1. The minimum absolute atomic E-state index is 0.146. The van der Waals surface area contributed by atoms with Crippen molar-refractivity contribution in [2.24, 2.45) is 0 Å². The van der Waals surface area contributed by atoms with E-state index in [1.807, 2.05) is 31.2 Å². The first-order chi connectivity index (χ1) is 12.0. The Morgan fingerprint density at radius 1 is 1.32 bits per heavy atom. The maximum Gasteiger partial charge on any atom is 0.313 e. The number of anilines is 1. The number of rotatable bonds is 7. The Hall–Kier alpha value is -2.30. The van der Waals surface area contributed by atoms with Gasteiger partial charge in [-0.3, -0.25) is 9.59 Å². The summed E-state index contributed by atoms with van der Waals surface area (Å²) in [5.74, 6) is -0.340. The van der Waals surface area contributed by atoms with E-state index in [-0.39, 0.29) is 23.6 Å². The fraction of sp³-hybridized carbons (Fsp3) is 0.278. The molecule has 5 nitrogen and oxygen atoms in total. The van der Waals surface area contributed by atoms with Crippen LogP contribution in [0, 0.1) is 18.3 Å². The zero-order valence-electron chi connectivity index (χ0n) is 14.0. The smallest absolute Gasteiger partial charge is 0.313 e. The van der Waals surface area contributed by atoms with Crippen molar-refractivity contribution in [2.75, 3.05) is 12.3 Å². The summed E-state index contributed by atoms with van der Waals surface area (Å²) in [6.45, 7) is 3.91. The molecule has 0 fully saturated rings. The fourth-order valence-electron chi connectivity index (χ4n) is 2.09. The first kappa shape index (κ1) is 19.0. The number of carbonyl (C=O) groups is 2. The van der Waals surface area contributed by atoms with Crippen molar-refractivity contribution >= 4 is 40.5 Å². The van der Waals surface area contributed by atoms with E-state index in [4.69, 9.17) is 10.5 Å². The number of carbonyl (C=O) groups excluding carboxylic acids is 2. The zero-order valence-corrected chi connectivity index (χ0v) is 15.6. The van der Waals surface area contributed by atoms with E-state index in [0.717, 1.165) is 16.9 Å². The van der Waals surface area contributed by atoms with Gasteiger partial charge in [0.25, 0.3) is 0 Å². The molecule has 0 radical (unpaired) electrons. The molecule has 25 heavy (non-hydrogen) atoms. The highest BCUT2D eigenvalue weighted by molar-refractivity contribution is 8.00. The number of hydrogen-bond donors (Lipinski definition) is 1. The van der Waals surface area contributed by atoms with Crippen LogP contribution in [0.1, 0.15) is 39.7 Å². The lowest BCUT2D eigenvalue weighted by atomic mass is 10.2. The summed E-state index contributed by atoms with van der Waals surface area (Å²) in [7, 11) is 0. The Balaban J connectivity index is 2.16. The average Bonchev–Trinajstić information content (AvgIpc) is 2.90. The van der Waals surface area contributed by atoms with E-state index >= 15 is 0 Å². The van der Waals surface area contributed by atoms with E-state index in [1.165, 1.54) is 17.3 Å². The van der Waals surface area contributed by atoms with Crippen molar-refractivity contribution in [1.29, 1.82) is 5.26 Å². The third kappa shape index (κ3) is 4.84. The summed E-state index contributed by atoms with van der Waals surface area (Å²) >= 11 is 2.62. The van der Waals surface area contributed by atoms with E-state index < -0.39 is 11.8 Å². The summed E-state index contributed by atoms with van der Waals surface area (Å²) in [5.41, 5.74) is 8.70. The van der Waals surface area contributed by atoms with E-state index in [1.54, 1.807) is 6.92 Å². The molecule has 1 aromatic carbocycles. The van der Waals surface area contributed by atoms with Gasteiger partial charge in [-0.1, -0.05) is 29.8 Å². The standard InChI is InChI=1S/C18H18N2O3S2/c1-3-23-15(22)8-14(21)17-16(20)13(9-19)18(25-17)24-10-12-6-4-11(2)5-7-12/h4-7H,3,8,10,20H2,1-2H3. The highest BCUT2D eigenvalue weighted by Crippen LogP contribution is 2.39. The van der Waals surface area contributed by atoms with Crippen LogP contribution in [0.4, 0.5) is 5.69 Å². The summed E-state index contributed by atoms with van der Waals surface area (Å²) in [6, 6.07) is 10.2. The Morgan fingerprint density at radius 3 is 2.60 bits per heavy atom. The van der Waals surface area contributed by atoms with Crippen LogP contribution in [0.25, 0.3) is 0 Å². The second-order valence-corrected chi connectivity index (χ2v) is 7.56. The van der Waals surface area contributed by atoms with Crippen LogP contribution in [0.2, 0.25) is 0 Å². The molecule has 2 N–H and O–H groups in total. The van der Waals surface area contributed by atoms with Crippen LogP contribution in [-0.4, -0.2) is 18.4 Å². The second-order valence-electron chi connectivity index (χ2n) is 5.30. The van der Waals surface area contributed by atoms with E-state index in [2.05, 4.69) is 6.07 Å². The van der Waals surface area contributed by atoms with Crippen molar-refractivity contribution in [1.82, 2.24) is 0 Å². The van der Waals surface area contributed by atoms with Gasteiger partial charge >= 0.3 is 5.97 Å². The van der Waals surface area contributed by atoms with Crippen molar-refractivity contribution in [2.45, 2.75) is 30.2 Å². The van der Waals surface area contributed by atoms with Crippen molar-refractivity contribution in [3.05, 3.63) is 45.8 Å². The lowest BCUT2D eigenvalue weighted by molar-refractivity contribution is -0.141. The van der Waals surface area contributed by atoms with Crippen molar-refractivity contribution in [3.8, 4) is 6.07 Å². The number of ketones is 1. The van der Waals surface area contributed by atoms with Crippen LogP contribution >= 0.6 is 23.1 Å². The summed E-state index contributed by atoms with van der Waals surface area (Å²) in [5, 5.41) is 9.35. The molecule has 0 spiro atoms. The van der Waals surface area contributed by atoms with Gasteiger partial charge in [-0.05, 0) is 19.4 Å². The zero-order chi connectivity index (χ0) is 18.4.